The van der Waals surface area contributed by atoms with E-state index < -0.39 is 0 Å². The lowest BCUT2D eigenvalue weighted by atomic mass is 9.83. The van der Waals surface area contributed by atoms with Gasteiger partial charge in [-0.1, -0.05) is 6.42 Å². The van der Waals surface area contributed by atoms with E-state index in [0.29, 0.717) is 36.0 Å². The summed E-state index contributed by atoms with van der Waals surface area (Å²) in [5, 5.41) is 19.5. The smallest absolute Gasteiger partial charge is 0.270 e. The van der Waals surface area contributed by atoms with Gasteiger partial charge in [0.05, 0.1) is 11.2 Å². The number of hydrogen-bond donors (Lipinski definition) is 0. The Morgan fingerprint density at radius 3 is 2.38 bits per heavy atom. The molecule has 0 radical (unpaired) electrons. The van der Waals surface area contributed by atoms with Gasteiger partial charge in [-0.3, -0.25) is 4.79 Å². The summed E-state index contributed by atoms with van der Waals surface area (Å²) in [7, 11) is 3.59. The molecular formula is C31H34N6O3. The number of benzene rings is 1. The van der Waals surface area contributed by atoms with Crippen LogP contribution in [-0.4, -0.2) is 48.4 Å². The highest BCUT2D eigenvalue weighted by molar-refractivity contribution is 5.92. The first-order valence-electron chi connectivity index (χ1n) is 14.2. The minimum Gasteiger partial charge on any atom is -0.486 e. The van der Waals surface area contributed by atoms with Crippen molar-refractivity contribution in [3.05, 3.63) is 51.9 Å². The van der Waals surface area contributed by atoms with E-state index in [9.17, 15) is 15.3 Å². The number of fused-ring (bicyclic) bond motifs is 2. The van der Waals surface area contributed by atoms with Crippen LogP contribution in [0.4, 0.5) is 11.4 Å². The maximum Gasteiger partial charge on any atom is 0.270 e. The average Bonchev–Trinajstić information content (AvgIpc) is 2.97. The van der Waals surface area contributed by atoms with Crippen molar-refractivity contribution in [2.75, 3.05) is 36.6 Å². The Bertz CT molecular complexity index is 1570. The zero-order valence-electron chi connectivity index (χ0n) is 23.1. The minimum atomic E-state index is -0.345. The fourth-order valence-corrected chi connectivity index (χ4v) is 6.47. The van der Waals surface area contributed by atoms with Crippen molar-refractivity contribution in [2.24, 2.45) is 13.0 Å². The summed E-state index contributed by atoms with van der Waals surface area (Å²) in [4.78, 5) is 22.3. The molecule has 2 aliphatic carbocycles. The van der Waals surface area contributed by atoms with Gasteiger partial charge in [0.2, 0.25) is 0 Å². The number of nitriles is 2. The number of nitrogens with zero attached hydrogens (tertiary/aromatic N) is 6. The second-order valence-electron chi connectivity index (χ2n) is 11.2. The molecule has 1 aliphatic heterocycles. The summed E-state index contributed by atoms with van der Waals surface area (Å²) in [5.41, 5.74) is 2.84. The molecule has 0 amide bonds. The van der Waals surface area contributed by atoms with Crippen LogP contribution in [0.2, 0.25) is 0 Å². The van der Waals surface area contributed by atoms with Gasteiger partial charge in [0, 0.05) is 44.5 Å². The van der Waals surface area contributed by atoms with Gasteiger partial charge in [-0.2, -0.15) is 10.5 Å². The van der Waals surface area contributed by atoms with E-state index in [2.05, 4.69) is 39.1 Å². The summed E-state index contributed by atoms with van der Waals surface area (Å²) < 4.78 is 13.1. The van der Waals surface area contributed by atoms with Gasteiger partial charge in [0.15, 0.2) is 11.5 Å². The molecule has 9 nitrogen and oxygen atoms in total. The van der Waals surface area contributed by atoms with E-state index in [1.807, 2.05) is 13.1 Å². The molecule has 0 saturated heterocycles. The standard InChI is InChI=1S/C31H34N6O3/c1-35(30-25(18-33)31(38)36(2)26-12-6-21(17-32)34-29(26)30)22-7-9-23(10-8-22)37(19-20-4-3-5-20)24-11-13-27-28(16-24)40-15-14-39-27/h6,11-13,16,20,22-23H,3-5,7-10,14-15,19H2,1-2H3. The number of anilines is 2. The molecule has 3 heterocycles. The van der Waals surface area contributed by atoms with Gasteiger partial charge in [0.1, 0.15) is 42.1 Å². The molecule has 0 N–H and O–H groups in total. The van der Waals surface area contributed by atoms with Crippen molar-refractivity contribution < 1.29 is 9.47 Å². The zero-order chi connectivity index (χ0) is 27.8. The number of aromatic nitrogens is 2. The van der Waals surface area contributed by atoms with Crippen molar-refractivity contribution >= 4 is 22.4 Å². The molecule has 206 valence electrons. The largest absolute Gasteiger partial charge is 0.486 e. The predicted octanol–water partition coefficient (Wildman–Crippen LogP) is 4.50. The molecule has 1 aromatic carbocycles. The van der Waals surface area contributed by atoms with Gasteiger partial charge in [0.25, 0.3) is 5.56 Å². The number of rotatable bonds is 6. The van der Waals surface area contributed by atoms with Crippen LogP contribution in [0.5, 0.6) is 11.5 Å². The molecule has 2 aromatic heterocycles. The average molecular weight is 539 g/mol. The number of ether oxygens (including phenoxy) is 2. The first kappa shape index (κ1) is 26.0. The third-order valence-electron chi connectivity index (χ3n) is 8.99. The molecule has 2 saturated carbocycles. The highest BCUT2D eigenvalue weighted by Gasteiger charge is 2.33. The fourth-order valence-electron chi connectivity index (χ4n) is 6.47. The predicted molar refractivity (Wildman–Crippen MR) is 153 cm³/mol. The van der Waals surface area contributed by atoms with E-state index >= 15 is 0 Å². The SMILES string of the molecule is CN(c1c(C#N)c(=O)n(C)c2ccc(C#N)nc12)C1CCC(N(CC2CCC2)c2ccc3c(c2)OCCO3)CC1. The third-order valence-corrected chi connectivity index (χ3v) is 8.99. The molecule has 0 atom stereocenters. The highest BCUT2D eigenvalue weighted by atomic mass is 16.6. The molecule has 3 aromatic rings. The van der Waals surface area contributed by atoms with Crippen LogP contribution in [0, 0.1) is 28.6 Å². The van der Waals surface area contributed by atoms with Crippen LogP contribution in [-0.2, 0) is 7.05 Å². The lowest BCUT2D eigenvalue weighted by Gasteiger charge is -2.44. The van der Waals surface area contributed by atoms with E-state index in [4.69, 9.17) is 9.47 Å². The lowest BCUT2D eigenvalue weighted by molar-refractivity contribution is 0.171. The van der Waals surface area contributed by atoms with Crippen LogP contribution >= 0.6 is 0 Å². The van der Waals surface area contributed by atoms with Crippen molar-refractivity contribution in [2.45, 2.75) is 57.0 Å². The van der Waals surface area contributed by atoms with Crippen LogP contribution in [0.1, 0.15) is 56.2 Å². The Labute approximate surface area is 234 Å². The molecule has 2 fully saturated rings. The van der Waals surface area contributed by atoms with Crippen LogP contribution in [0.15, 0.2) is 35.1 Å². The van der Waals surface area contributed by atoms with Crippen LogP contribution in [0.3, 0.4) is 0 Å². The Morgan fingerprint density at radius 2 is 1.70 bits per heavy atom. The number of pyridine rings is 2. The van der Waals surface area contributed by atoms with Gasteiger partial charge >= 0.3 is 0 Å². The third kappa shape index (κ3) is 4.60. The van der Waals surface area contributed by atoms with Gasteiger partial charge < -0.3 is 23.8 Å². The van der Waals surface area contributed by atoms with E-state index in [-0.39, 0.29) is 22.9 Å². The zero-order valence-corrected chi connectivity index (χ0v) is 23.1. The molecule has 40 heavy (non-hydrogen) atoms. The summed E-state index contributed by atoms with van der Waals surface area (Å²) in [6, 6.07) is 14.4. The number of aryl methyl sites for hydroxylation is 1. The Morgan fingerprint density at radius 1 is 0.975 bits per heavy atom. The molecule has 0 bridgehead atoms. The highest BCUT2D eigenvalue weighted by Crippen LogP contribution is 2.40. The Hall–Kier alpha value is -4.24. The molecule has 9 heteroatoms. The van der Waals surface area contributed by atoms with Crippen LogP contribution in [0.25, 0.3) is 11.0 Å². The first-order chi connectivity index (χ1) is 19.5. The Balaban J connectivity index is 1.27. The topological polar surface area (TPSA) is 107 Å². The second-order valence-corrected chi connectivity index (χ2v) is 11.2. The van der Waals surface area contributed by atoms with Crippen molar-refractivity contribution in [3.8, 4) is 23.6 Å². The maximum atomic E-state index is 13.1. The van der Waals surface area contributed by atoms with E-state index in [1.165, 1.54) is 29.5 Å². The number of hydrogen-bond acceptors (Lipinski definition) is 8. The molecule has 0 spiro atoms. The summed E-state index contributed by atoms with van der Waals surface area (Å²) in [6.07, 6.45) is 7.71. The Kier molecular flexibility index (Phi) is 6.98. The van der Waals surface area contributed by atoms with Crippen molar-refractivity contribution in [1.29, 1.82) is 10.5 Å². The van der Waals surface area contributed by atoms with E-state index in [0.717, 1.165) is 49.6 Å². The molecule has 0 unspecified atom stereocenters. The summed E-state index contributed by atoms with van der Waals surface area (Å²) in [5.74, 6) is 2.35. The fraction of sp³-hybridized carbons (Fsp3) is 0.484. The lowest BCUT2D eigenvalue weighted by Crippen LogP contribution is -2.46. The van der Waals surface area contributed by atoms with E-state index in [1.54, 1.807) is 19.2 Å². The minimum absolute atomic E-state index is 0.0742. The molecule has 3 aliphatic rings. The van der Waals surface area contributed by atoms with Crippen molar-refractivity contribution in [1.82, 2.24) is 9.55 Å². The monoisotopic (exact) mass is 538 g/mol. The molecule has 6 rings (SSSR count). The summed E-state index contributed by atoms with van der Waals surface area (Å²) in [6.45, 7) is 2.20. The quantitative estimate of drug-likeness (QED) is 0.451. The maximum absolute atomic E-state index is 13.1. The van der Waals surface area contributed by atoms with Gasteiger partial charge in [-0.25, -0.2) is 4.98 Å². The van der Waals surface area contributed by atoms with Crippen LogP contribution < -0.4 is 24.8 Å². The molecular weight excluding hydrogens is 504 g/mol. The van der Waals surface area contributed by atoms with Gasteiger partial charge in [-0.15, -0.1) is 0 Å². The normalized spacial score (nSPS) is 20.3. The summed E-state index contributed by atoms with van der Waals surface area (Å²) >= 11 is 0. The second kappa shape index (κ2) is 10.7. The first-order valence-corrected chi connectivity index (χ1v) is 14.2. The van der Waals surface area contributed by atoms with Crippen molar-refractivity contribution in [3.63, 3.8) is 0 Å². The van der Waals surface area contributed by atoms with Gasteiger partial charge in [-0.05, 0) is 68.7 Å².